The summed E-state index contributed by atoms with van der Waals surface area (Å²) in [6.45, 7) is 3.57. The van der Waals surface area contributed by atoms with Crippen LogP contribution in [-0.2, 0) is 14.3 Å². The molecule has 2 aromatic rings. The van der Waals surface area contributed by atoms with Crippen LogP contribution in [0.25, 0.3) is 17.2 Å². The smallest absolute Gasteiger partial charge is 0.309 e. The van der Waals surface area contributed by atoms with Crippen molar-refractivity contribution in [1.29, 1.82) is 0 Å². The number of benzene rings is 1. The monoisotopic (exact) mass is 474 g/mol. The van der Waals surface area contributed by atoms with Gasteiger partial charge in [-0.05, 0) is 68.6 Å². The van der Waals surface area contributed by atoms with Gasteiger partial charge in [0, 0.05) is 42.2 Å². The standard InChI is InChI=1S/C29H31FN2O3/c1-17-27-24(11-10-21-9-8-19(15-31-21)23-4-2-3-5-26(23)30)22-12-13-32(28(33)18-6-7-18)16-20(22)14-25(27)29(34)35-17/h2-5,8-11,15,17-18,20,22,24-25,27H,6-7,12-14,16H2,1H3/b11-10+/t17-,20-,22-,24+,25-,27+/m1/s1. The van der Waals surface area contributed by atoms with Gasteiger partial charge in [0.2, 0.25) is 5.91 Å². The Morgan fingerprint density at radius 1 is 1.17 bits per heavy atom. The number of amides is 1. The molecule has 3 heterocycles. The van der Waals surface area contributed by atoms with Crippen molar-refractivity contribution < 1.29 is 18.7 Å². The molecule has 1 amide bonds. The predicted octanol–water partition coefficient (Wildman–Crippen LogP) is 4.97. The Bertz CT molecular complexity index is 1160. The lowest BCUT2D eigenvalue weighted by atomic mass is 9.59. The van der Waals surface area contributed by atoms with Crippen LogP contribution in [0.4, 0.5) is 4.39 Å². The predicted molar refractivity (Wildman–Crippen MR) is 130 cm³/mol. The van der Waals surface area contributed by atoms with Crippen molar-refractivity contribution in [2.75, 3.05) is 13.1 Å². The minimum atomic E-state index is -0.261. The number of likely N-dealkylation sites (tertiary alicyclic amines) is 1. The first-order chi connectivity index (χ1) is 17.0. The number of pyridine rings is 1. The summed E-state index contributed by atoms with van der Waals surface area (Å²) in [6.07, 6.45) is 9.67. The number of carbonyl (C=O) groups is 2. The van der Waals surface area contributed by atoms with E-state index >= 15 is 0 Å². The second-order valence-corrected chi connectivity index (χ2v) is 10.7. The highest BCUT2D eigenvalue weighted by molar-refractivity contribution is 5.81. The molecule has 5 nitrogen and oxygen atoms in total. The van der Waals surface area contributed by atoms with Gasteiger partial charge in [-0.2, -0.15) is 0 Å². The Kier molecular flexibility index (Phi) is 5.70. The van der Waals surface area contributed by atoms with Crippen molar-refractivity contribution in [1.82, 2.24) is 9.88 Å². The molecule has 4 fully saturated rings. The molecule has 0 spiro atoms. The van der Waals surface area contributed by atoms with E-state index in [-0.39, 0.29) is 41.6 Å². The number of allylic oxidation sites excluding steroid dienone is 1. The van der Waals surface area contributed by atoms with Gasteiger partial charge in [-0.3, -0.25) is 14.6 Å². The molecule has 1 aromatic carbocycles. The molecule has 2 aliphatic heterocycles. The zero-order valence-electron chi connectivity index (χ0n) is 20.0. The van der Waals surface area contributed by atoms with Crippen molar-refractivity contribution in [3.8, 4) is 11.1 Å². The van der Waals surface area contributed by atoms with Crippen molar-refractivity contribution in [2.45, 2.75) is 38.7 Å². The molecule has 2 saturated heterocycles. The largest absolute Gasteiger partial charge is 0.462 e. The first-order valence-electron chi connectivity index (χ1n) is 12.9. The molecule has 4 aliphatic rings. The van der Waals surface area contributed by atoms with Crippen LogP contribution in [0.2, 0.25) is 0 Å². The molecule has 0 bridgehead atoms. The van der Waals surface area contributed by atoms with Crippen molar-refractivity contribution >= 4 is 18.0 Å². The van der Waals surface area contributed by atoms with E-state index in [2.05, 4.69) is 11.1 Å². The van der Waals surface area contributed by atoms with E-state index < -0.39 is 0 Å². The Hall–Kier alpha value is -3.02. The molecule has 0 radical (unpaired) electrons. The number of hydrogen-bond acceptors (Lipinski definition) is 4. The highest BCUT2D eigenvalue weighted by Gasteiger charge is 2.55. The highest BCUT2D eigenvalue weighted by Crippen LogP contribution is 2.52. The van der Waals surface area contributed by atoms with Crippen LogP contribution in [-0.4, -0.2) is 41.0 Å². The average molecular weight is 475 g/mol. The van der Waals surface area contributed by atoms with Gasteiger partial charge >= 0.3 is 5.97 Å². The topological polar surface area (TPSA) is 59.5 Å². The molecular weight excluding hydrogens is 443 g/mol. The first kappa shape index (κ1) is 22.4. The summed E-state index contributed by atoms with van der Waals surface area (Å²) in [4.78, 5) is 32.0. The number of nitrogens with zero attached hydrogens (tertiary/aromatic N) is 2. The molecule has 0 N–H and O–H groups in total. The molecule has 35 heavy (non-hydrogen) atoms. The lowest BCUT2D eigenvalue weighted by Gasteiger charge is -2.48. The Labute approximate surface area is 205 Å². The summed E-state index contributed by atoms with van der Waals surface area (Å²) >= 11 is 0. The van der Waals surface area contributed by atoms with E-state index in [0.717, 1.165) is 50.0 Å². The first-order valence-corrected chi connectivity index (χ1v) is 12.9. The van der Waals surface area contributed by atoms with Gasteiger partial charge in [0.15, 0.2) is 0 Å². The summed E-state index contributed by atoms with van der Waals surface area (Å²) < 4.78 is 19.8. The van der Waals surface area contributed by atoms with Gasteiger partial charge in [-0.1, -0.05) is 30.3 Å². The number of fused-ring (bicyclic) bond motifs is 2. The molecule has 0 unspecified atom stereocenters. The third-order valence-corrected chi connectivity index (χ3v) is 8.60. The summed E-state index contributed by atoms with van der Waals surface area (Å²) in [7, 11) is 0. The number of halogens is 1. The fourth-order valence-corrected chi connectivity index (χ4v) is 6.71. The van der Waals surface area contributed by atoms with Crippen LogP contribution in [0.5, 0.6) is 0 Å². The summed E-state index contributed by atoms with van der Waals surface area (Å²) in [5, 5.41) is 0. The van der Waals surface area contributed by atoms with Gasteiger partial charge in [0.1, 0.15) is 11.9 Å². The lowest BCUT2D eigenvalue weighted by Crippen LogP contribution is -2.51. The molecule has 6 heteroatoms. The third-order valence-electron chi connectivity index (χ3n) is 8.60. The fraction of sp³-hybridized carbons (Fsp3) is 0.483. The van der Waals surface area contributed by atoms with Gasteiger partial charge in [-0.25, -0.2) is 4.39 Å². The number of rotatable bonds is 4. The minimum absolute atomic E-state index is 0.0858. The lowest BCUT2D eigenvalue weighted by molar-refractivity contribution is -0.144. The van der Waals surface area contributed by atoms with Crippen LogP contribution < -0.4 is 0 Å². The Morgan fingerprint density at radius 3 is 2.74 bits per heavy atom. The number of ether oxygens (including phenoxy) is 1. The van der Waals surface area contributed by atoms with Crippen LogP contribution in [0, 0.1) is 41.3 Å². The Morgan fingerprint density at radius 2 is 2.00 bits per heavy atom. The maximum Gasteiger partial charge on any atom is 0.309 e. The van der Waals surface area contributed by atoms with Crippen molar-refractivity contribution in [3.63, 3.8) is 0 Å². The van der Waals surface area contributed by atoms with E-state index in [1.807, 2.05) is 36.1 Å². The summed E-state index contributed by atoms with van der Waals surface area (Å²) in [6, 6.07) is 10.5. The number of carbonyl (C=O) groups excluding carboxylic acids is 2. The molecular formula is C29H31FN2O3. The van der Waals surface area contributed by atoms with Crippen LogP contribution in [0.15, 0.2) is 48.7 Å². The number of aromatic nitrogens is 1. The minimum Gasteiger partial charge on any atom is -0.462 e. The summed E-state index contributed by atoms with van der Waals surface area (Å²) in [5.41, 5.74) is 2.09. The van der Waals surface area contributed by atoms with Crippen molar-refractivity contribution in [3.05, 3.63) is 60.2 Å². The molecule has 2 saturated carbocycles. The number of esters is 1. The van der Waals surface area contributed by atoms with E-state index in [0.29, 0.717) is 23.3 Å². The van der Waals surface area contributed by atoms with Crippen LogP contribution >= 0.6 is 0 Å². The average Bonchev–Trinajstić information content (AvgIpc) is 3.68. The highest BCUT2D eigenvalue weighted by atomic mass is 19.1. The second kappa shape index (κ2) is 8.89. The van der Waals surface area contributed by atoms with E-state index in [9.17, 15) is 14.0 Å². The Balaban J connectivity index is 1.24. The zero-order valence-corrected chi connectivity index (χ0v) is 20.0. The number of cyclic esters (lactones) is 1. The molecule has 6 rings (SSSR count). The van der Waals surface area contributed by atoms with Gasteiger partial charge < -0.3 is 9.64 Å². The van der Waals surface area contributed by atoms with Crippen LogP contribution in [0.3, 0.4) is 0 Å². The maximum absolute atomic E-state index is 14.1. The fourth-order valence-electron chi connectivity index (χ4n) is 6.71. The molecule has 182 valence electrons. The van der Waals surface area contributed by atoms with E-state index in [1.54, 1.807) is 18.3 Å². The quantitative estimate of drug-likeness (QED) is 0.587. The van der Waals surface area contributed by atoms with E-state index in [1.165, 1.54) is 6.07 Å². The van der Waals surface area contributed by atoms with E-state index in [4.69, 9.17) is 4.74 Å². The number of hydrogen-bond donors (Lipinski definition) is 0. The third kappa shape index (κ3) is 4.17. The maximum atomic E-state index is 14.1. The second-order valence-electron chi connectivity index (χ2n) is 10.7. The SMILES string of the molecule is C[C@H]1OC(=O)[C@@H]2C[C@@H]3CN(C(=O)C4CC4)CC[C@H]3[C@H](/C=C/c3ccc(-c4ccccc4F)cn3)[C@H]12. The van der Waals surface area contributed by atoms with Gasteiger partial charge in [-0.15, -0.1) is 0 Å². The van der Waals surface area contributed by atoms with Gasteiger partial charge in [0.25, 0.3) is 0 Å². The molecule has 1 aromatic heterocycles. The zero-order chi connectivity index (χ0) is 24.1. The molecule has 2 aliphatic carbocycles. The van der Waals surface area contributed by atoms with Crippen molar-refractivity contribution in [2.24, 2.45) is 35.5 Å². The van der Waals surface area contributed by atoms with Crippen LogP contribution in [0.1, 0.15) is 38.3 Å². The van der Waals surface area contributed by atoms with Gasteiger partial charge in [0.05, 0.1) is 11.6 Å². The summed E-state index contributed by atoms with van der Waals surface area (Å²) in [5.74, 6) is 1.18. The number of piperidine rings is 1. The normalized spacial score (nSPS) is 32.3. The molecule has 6 atom stereocenters.